The predicted molar refractivity (Wildman–Crippen MR) is 219 cm³/mol. The van der Waals surface area contributed by atoms with Crippen LogP contribution in [0.15, 0.2) is 206 Å². The molecule has 244 valence electrons. The van der Waals surface area contributed by atoms with E-state index in [0.717, 1.165) is 11.4 Å². The average Bonchev–Trinajstić information content (AvgIpc) is 3.74. The van der Waals surface area contributed by atoms with Gasteiger partial charge in [-0.05, 0) is 81.9 Å². The first-order valence-electron chi connectivity index (χ1n) is 17.9. The minimum atomic E-state index is 1.14. The zero-order valence-corrected chi connectivity index (χ0v) is 28.5. The SMILES string of the molecule is c1ccc(C(=C(c2ccccc2)c2ccc(-n3c4ccccc4c4ccccc43)cc2)c2ccc(-n3c4ccccc4c4ccccc43)cc2)cc1. The summed E-state index contributed by atoms with van der Waals surface area (Å²) in [5.74, 6) is 0. The Morgan fingerprint density at radius 1 is 0.231 bits per heavy atom. The zero-order chi connectivity index (χ0) is 34.4. The fraction of sp³-hybridized carbons (Fsp3) is 0. The topological polar surface area (TPSA) is 9.86 Å². The molecule has 0 unspecified atom stereocenters. The lowest BCUT2D eigenvalue weighted by Gasteiger charge is -2.19. The van der Waals surface area contributed by atoms with E-state index in [9.17, 15) is 0 Å². The van der Waals surface area contributed by atoms with Gasteiger partial charge < -0.3 is 9.13 Å². The fourth-order valence-electron chi connectivity index (χ4n) is 8.08. The van der Waals surface area contributed by atoms with Gasteiger partial charge in [0.2, 0.25) is 0 Å². The molecule has 2 aromatic heterocycles. The number of hydrogen-bond acceptors (Lipinski definition) is 0. The Morgan fingerprint density at radius 3 is 0.788 bits per heavy atom. The third kappa shape index (κ3) is 4.88. The van der Waals surface area contributed by atoms with E-state index >= 15 is 0 Å². The number of benzene rings is 8. The highest BCUT2D eigenvalue weighted by atomic mass is 15.0. The molecular weight excluding hydrogens is 629 g/mol. The number of hydrogen-bond donors (Lipinski definition) is 0. The van der Waals surface area contributed by atoms with Crippen molar-refractivity contribution >= 4 is 54.8 Å². The molecule has 0 saturated carbocycles. The molecule has 0 fully saturated rings. The first kappa shape index (κ1) is 30.0. The molecule has 0 bridgehead atoms. The van der Waals surface area contributed by atoms with E-state index < -0.39 is 0 Å². The van der Waals surface area contributed by atoms with Crippen LogP contribution in [0.25, 0.3) is 66.1 Å². The van der Waals surface area contributed by atoms with Gasteiger partial charge in [-0.15, -0.1) is 0 Å². The predicted octanol–water partition coefficient (Wildman–Crippen LogP) is 12.9. The Labute approximate surface area is 302 Å². The van der Waals surface area contributed by atoms with Crippen molar-refractivity contribution in [2.75, 3.05) is 0 Å². The van der Waals surface area contributed by atoms with E-state index in [-0.39, 0.29) is 0 Å². The lowest BCUT2D eigenvalue weighted by Crippen LogP contribution is -2.00. The molecule has 2 heteroatoms. The van der Waals surface area contributed by atoms with Crippen LogP contribution in [0.3, 0.4) is 0 Å². The number of aromatic nitrogens is 2. The highest BCUT2D eigenvalue weighted by Crippen LogP contribution is 2.39. The molecule has 0 aliphatic carbocycles. The van der Waals surface area contributed by atoms with Gasteiger partial charge in [-0.1, -0.05) is 158 Å². The standard InChI is InChI=1S/C50H34N2/c1-3-15-35(16-4-1)49(37-27-31-39(32-28-37)51-45-23-11-7-19-41(45)42-20-8-12-24-46(42)51)50(36-17-5-2-6-18-36)38-29-33-40(34-30-38)52-47-25-13-9-21-43(47)44-22-10-14-26-48(44)52/h1-34H. The maximum absolute atomic E-state index is 2.38. The Hall–Kier alpha value is -6.90. The van der Waals surface area contributed by atoms with Crippen LogP contribution in [-0.2, 0) is 0 Å². The lowest BCUT2D eigenvalue weighted by atomic mass is 9.85. The summed E-state index contributed by atoms with van der Waals surface area (Å²) in [5.41, 5.74) is 14.2. The Kier molecular flexibility index (Phi) is 7.18. The highest BCUT2D eigenvalue weighted by Gasteiger charge is 2.18. The van der Waals surface area contributed by atoms with Crippen molar-refractivity contribution in [3.05, 3.63) is 229 Å². The van der Waals surface area contributed by atoms with Crippen LogP contribution in [0.4, 0.5) is 0 Å². The van der Waals surface area contributed by atoms with Crippen molar-refractivity contribution in [2.24, 2.45) is 0 Å². The van der Waals surface area contributed by atoms with Crippen molar-refractivity contribution < 1.29 is 0 Å². The van der Waals surface area contributed by atoms with Crippen LogP contribution in [0.1, 0.15) is 22.3 Å². The van der Waals surface area contributed by atoms with Crippen molar-refractivity contribution in [1.29, 1.82) is 0 Å². The third-order valence-electron chi connectivity index (χ3n) is 10.4. The molecule has 0 radical (unpaired) electrons. The summed E-state index contributed by atoms with van der Waals surface area (Å²) >= 11 is 0. The largest absolute Gasteiger partial charge is 0.309 e. The van der Waals surface area contributed by atoms with Gasteiger partial charge in [-0.25, -0.2) is 0 Å². The van der Waals surface area contributed by atoms with E-state index in [2.05, 4.69) is 215 Å². The van der Waals surface area contributed by atoms with Gasteiger partial charge in [0.1, 0.15) is 0 Å². The second-order valence-electron chi connectivity index (χ2n) is 13.3. The van der Waals surface area contributed by atoms with E-state index in [0.29, 0.717) is 0 Å². The van der Waals surface area contributed by atoms with Crippen molar-refractivity contribution in [3.63, 3.8) is 0 Å². The highest BCUT2D eigenvalue weighted by molar-refractivity contribution is 6.10. The van der Waals surface area contributed by atoms with Crippen LogP contribution in [0.2, 0.25) is 0 Å². The molecule has 0 atom stereocenters. The second-order valence-corrected chi connectivity index (χ2v) is 13.3. The molecular formula is C50H34N2. The summed E-state index contributed by atoms with van der Waals surface area (Å²) in [6.07, 6.45) is 0. The quantitative estimate of drug-likeness (QED) is 0.157. The summed E-state index contributed by atoms with van der Waals surface area (Å²) < 4.78 is 4.76. The number of rotatable bonds is 6. The summed E-state index contributed by atoms with van der Waals surface area (Å²) in [6, 6.07) is 74.6. The third-order valence-corrected chi connectivity index (χ3v) is 10.4. The Bertz CT molecular complexity index is 2600. The average molecular weight is 663 g/mol. The van der Waals surface area contributed by atoms with Gasteiger partial charge >= 0.3 is 0 Å². The maximum atomic E-state index is 2.38. The molecule has 0 aliphatic rings. The Morgan fingerprint density at radius 2 is 0.481 bits per heavy atom. The van der Waals surface area contributed by atoms with Gasteiger partial charge in [0, 0.05) is 32.9 Å². The van der Waals surface area contributed by atoms with Crippen molar-refractivity contribution in [2.45, 2.75) is 0 Å². The smallest absolute Gasteiger partial charge is 0.0541 e. The Balaban J connectivity index is 1.17. The fourth-order valence-corrected chi connectivity index (χ4v) is 8.08. The molecule has 0 spiro atoms. The van der Waals surface area contributed by atoms with E-state index in [1.54, 1.807) is 0 Å². The molecule has 0 N–H and O–H groups in total. The van der Waals surface area contributed by atoms with Gasteiger partial charge in [-0.2, -0.15) is 0 Å². The summed E-state index contributed by atoms with van der Waals surface area (Å²) in [5, 5.41) is 5.07. The number of nitrogens with zero attached hydrogens (tertiary/aromatic N) is 2. The second kappa shape index (κ2) is 12.5. The van der Waals surface area contributed by atoms with Gasteiger partial charge in [-0.3, -0.25) is 0 Å². The summed E-state index contributed by atoms with van der Waals surface area (Å²) in [6.45, 7) is 0. The minimum Gasteiger partial charge on any atom is -0.309 e. The summed E-state index contributed by atoms with van der Waals surface area (Å²) in [7, 11) is 0. The van der Waals surface area contributed by atoms with Gasteiger partial charge in [0.15, 0.2) is 0 Å². The molecule has 2 heterocycles. The molecule has 0 saturated heterocycles. The van der Waals surface area contributed by atoms with Crippen molar-refractivity contribution in [1.82, 2.24) is 9.13 Å². The number of fused-ring (bicyclic) bond motifs is 6. The molecule has 10 rings (SSSR count). The molecule has 0 amide bonds. The first-order valence-corrected chi connectivity index (χ1v) is 17.9. The van der Waals surface area contributed by atoms with Gasteiger partial charge in [0.05, 0.1) is 22.1 Å². The van der Waals surface area contributed by atoms with Crippen LogP contribution in [0, 0.1) is 0 Å². The normalized spacial score (nSPS) is 12.2. The van der Waals surface area contributed by atoms with E-state index in [1.165, 1.54) is 77.0 Å². The van der Waals surface area contributed by atoms with Crippen LogP contribution in [0.5, 0.6) is 0 Å². The molecule has 10 aromatic rings. The van der Waals surface area contributed by atoms with E-state index in [4.69, 9.17) is 0 Å². The zero-order valence-electron chi connectivity index (χ0n) is 28.5. The van der Waals surface area contributed by atoms with Crippen molar-refractivity contribution in [3.8, 4) is 11.4 Å². The van der Waals surface area contributed by atoms with E-state index in [1.807, 2.05) is 0 Å². The van der Waals surface area contributed by atoms with Gasteiger partial charge in [0.25, 0.3) is 0 Å². The molecule has 2 nitrogen and oxygen atoms in total. The minimum absolute atomic E-state index is 1.14. The maximum Gasteiger partial charge on any atom is 0.0541 e. The molecule has 8 aromatic carbocycles. The van der Waals surface area contributed by atoms with Crippen LogP contribution < -0.4 is 0 Å². The number of para-hydroxylation sites is 4. The summed E-state index contributed by atoms with van der Waals surface area (Å²) in [4.78, 5) is 0. The monoisotopic (exact) mass is 662 g/mol. The molecule has 52 heavy (non-hydrogen) atoms. The first-order chi connectivity index (χ1) is 25.8. The van der Waals surface area contributed by atoms with Crippen LogP contribution >= 0.6 is 0 Å². The molecule has 0 aliphatic heterocycles. The lowest BCUT2D eigenvalue weighted by molar-refractivity contribution is 1.18. The van der Waals surface area contributed by atoms with Crippen LogP contribution in [-0.4, -0.2) is 9.13 Å².